The summed E-state index contributed by atoms with van der Waals surface area (Å²) in [7, 11) is 0. The van der Waals surface area contributed by atoms with E-state index in [9.17, 15) is 0 Å². The van der Waals surface area contributed by atoms with Gasteiger partial charge in [0.15, 0.2) is 0 Å². The molecule has 8 aromatic rings. The number of benzene rings is 7. The highest BCUT2D eigenvalue weighted by molar-refractivity contribution is 6.22. The average Bonchev–Trinajstić information content (AvgIpc) is 3.38. The van der Waals surface area contributed by atoms with Gasteiger partial charge in [-0.05, 0) is 73.1 Å². The lowest BCUT2D eigenvalue weighted by Crippen LogP contribution is -1.96. The van der Waals surface area contributed by atoms with Crippen molar-refractivity contribution in [2.45, 2.75) is 6.42 Å². The summed E-state index contributed by atoms with van der Waals surface area (Å²) in [6.45, 7) is 0. The van der Waals surface area contributed by atoms with Crippen LogP contribution >= 0.6 is 0 Å². The van der Waals surface area contributed by atoms with E-state index in [1.54, 1.807) is 24.3 Å². The lowest BCUT2D eigenvalue weighted by Gasteiger charge is -2.18. The van der Waals surface area contributed by atoms with Gasteiger partial charge in [0, 0.05) is 10.8 Å². The highest BCUT2D eigenvalue weighted by atomic mass is 16.3. The topological polar surface area (TPSA) is 13.1 Å². The molecule has 1 heterocycles. The number of hydrogen-bond acceptors (Lipinski definition) is 1. The Morgan fingerprint density at radius 1 is 0.526 bits per heavy atom. The smallest absolute Gasteiger partial charge is 0.136 e. The zero-order valence-electron chi connectivity index (χ0n) is 24.5. The third-order valence-corrected chi connectivity index (χ3v) is 7.67. The molecule has 0 unspecified atom stereocenters. The van der Waals surface area contributed by atoms with Crippen LogP contribution in [-0.2, 0) is 6.42 Å². The van der Waals surface area contributed by atoms with Gasteiger partial charge in [0.05, 0.1) is 5.48 Å². The molecule has 0 saturated carbocycles. The van der Waals surface area contributed by atoms with Crippen LogP contribution in [0.1, 0.15) is 16.6 Å². The van der Waals surface area contributed by atoms with Crippen LogP contribution in [-0.4, -0.2) is 0 Å². The molecule has 0 aliphatic rings. The molecule has 1 nitrogen and oxygen atoms in total. The van der Waals surface area contributed by atoms with Gasteiger partial charge in [-0.2, -0.15) is 0 Å². The Bertz CT molecular complexity index is 2320. The largest absolute Gasteiger partial charge is 0.456 e. The predicted octanol–water partition coefficient (Wildman–Crippen LogP) is 10.3. The Labute approximate surface area is 226 Å². The second-order valence-electron chi connectivity index (χ2n) is 9.80. The molecule has 1 aromatic heterocycles. The first-order chi connectivity index (χ1) is 20.5. The normalized spacial score (nSPS) is 13.3. The van der Waals surface area contributed by atoms with Crippen LogP contribution in [0.25, 0.3) is 65.4 Å². The van der Waals surface area contributed by atoms with E-state index in [0.717, 1.165) is 71.1 Å². The summed E-state index contributed by atoms with van der Waals surface area (Å²) >= 11 is 0. The molecule has 38 heavy (non-hydrogen) atoms. The molecule has 0 spiro atoms. The molecule has 0 amide bonds. The van der Waals surface area contributed by atoms with Gasteiger partial charge in [0.2, 0.25) is 0 Å². The van der Waals surface area contributed by atoms with Gasteiger partial charge < -0.3 is 4.42 Å². The highest BCUT2D eigenvalue weighted by Crippen LogP contribution is 2.44. The summed E-state index contributed by atoms with van der Waals surface area (Å²) < 4.78 is 40.6. The first kappa shape index (κ1) is 17.6. The standard InChI is InChI=1S/C37H24O/c1-2-11-26-22-24(20-21-25(26)10-1)23-33-27-12-3-5-14-29(27)36(30-15-6-4-13-28(30)33)32-17-9-19-35-37(32)31-16-7-8-18-34(31)38-35/h1-22H,23H2/i3D,4D,5D,6D. The first-order valence-corrected chi connectivity index (χ1v) is 12.8. The van der Waals surface area contributed by atoms with Crippen LogP contribution in [0.3, 0.4) is 0 Å². The Hall–Kier alpha value is -4.88. The van der Waals surface area contributed by atoms with Gasteiger partial charge in [0.1, 0.15) is 11.2 Å². The molecule has 178 valence electrons. The predicted molar refractivity (Wildman–Crippen MR) is 161 cm³/mol. The molecule has 0 aliphatic heterocycles. The number of rotatable bonds is 3. The lowest BCUT2D eigenvalue weighted by atomic mass is 9.85. The van der Waals surface area contributed by atoms with Crippen LogP contribution < -0.4 is 0 Å². The molecule has 0 saturated heterocycles. The first-order valence-electron chi connectivity index (χ1n) is 14.8. The number of fused-ring (bicyclic) bond motifs is 6. The third kappa shape index (κ3) is 3.19. The van der Waals surface area contributed by atoms with Crippen LogP contribution in [0.2, 0.25) is 0 Å². The van der Waals surface area contributed by atoms with Gasteiger partial charge in [-0.3, -0.25) is 0 Å². The molecule has 1 heteroatoms. The fourth-order valence-corrected chi connectivity index (χ4v) is 5.99. The quantitative estimate of drug-likeness (QED) is 0.225. The van der Waals surface area contributed by atoms with Crippen molar-refractivity contribution in [2.24, 2.45) is 0 Å². The van der Waals surface area contributed by atoms with E-state index in [0.29, 0.717) is 6.42 Å². The van der Waals surface area contributed by atoms with Crippen molar-refractivity contribution in [2.75, 3.05) is 0 Å². The van der Waals surface area contributed by atoms with Crippen molar-refractivity contribution in [1.82, 2.24) is 0 Å². The molecular weight excluding hydrogens is 460 g/mol. The van der Waals surface area contributed by atoms with Gasteiger partial charge >= 0.3 is 0 Å². The number of para-hydroxylation sites is 1. The van der Waals surface area contributed by atoms with Crippen molar-refractivity contribution < 1.29 is 9.90 Å². The van der Waals surface area contributed by atoms with E-state index < -0.39 is 0 Å². The molecular formula is C37H24O. The minimum absolute atomic E-state index is 0.146. The van der Waals surface area contributed by atoms with E-state index in [1.807, 2.05) is 42.5 Å². The molecule has 0 radical (unpaired) electrons. The molecule has 0 fully saturated rings. The minimum atomic E-state index is 0.146. The van der Waals surface area contributed by atoms with E-state index in [-0.39, 0.29) is 24.2 Å². The summed E-state index contributed by atoms with van der Waals surface area (Å²) in [5.41, 5.74) is 5.51. The van der Waals surface area contributed by atoms with Crippen LogP contribution in [0.15, 0.2) is 138 Å². The van der Waals surface area contributed by atoms with Crippen LogP contribution in [0, 0.1) is 0 Å². The van der Waals surface area contributed by atoms with E-state index in [1.165, 1.54) is 5.39 Å². The second kappa shape index (κ2) is 8.33. The van der Waals surface area contributed by atoms with Crippen molar-refractivity contribution in [1.29, 1.82) is 0 Å². The fraction of sp³-hybridized carbons (Fsp3) is 0.0270. The summed E-state index contributed by atoms with van der Waals surface area (Å²) in [6.07, 6.45) is 0.588. The van der Waals surface area contributed by atoms with E-state index >= 15 is 0 Å². The van der Waals surface area contributed by atoms with Gasteiger partial charge in [-0.15, -0.1) is 0 Å². The SMILES string of the molecule is [2H]c1cc2c(Cc3ccc4ccccc4c3)c3cc([2H])c([2H])cc3c(-c3cccc4oc5ccccc5c34)c2cc1[2H]. The maximum absolute atomic E-state index is 8.62. The molecule has 0 N–H and O–H groups in total. The Kier molecular flexibility index (Phi) is 3.85. The summed E-state index contributed by atoms with van der Waals surface area (Å²) in [4.78, 5) is 0. The maximum Gasteiger partial charge on any atom is 0.136 e. The van der Waals surface area contributed by atoms with Gasteiger partial charge in [-0.25, -0.2) is 0 Å². The molecule has 8 rings (SSSR count). The fourth-order valence-electron chi connectivity index (χ4n) is 5.99. The Morgan fingerprint density at radius 2 is 1.18 bits per heavy atom. The summed E-state index contributed by atoms with van der Waals surface area (Å²) in [5, 5.41) is 7.77. The molecule has 0 aliphatic carbocycles. The van der Waals surface area contributed by atoms with Crippen molar-refractivity contribution in [3.63, 3.8) is 0 Å². The zero-order chi connectivity index (χ0) is 28.5. The van der Waals surface area contributed by atoms with E-state index in [4.69, 9.17) is 9.90 Å². The highest BCUT2D eigenvalue weighted by Gasteiger charge is 2.19. The summed E-state index contributed by atoms with van der Waals surface area (Å²) in [5.74, 6) is 0. The molecule has 0 atom stereocenters. The van der Waals surface area contributed by atoms with Crippen molar-refractivity contribution in [3.8, 4) is 11.1 Å². The van der Waals surface area contributed by atoms with Crippen LogP contribution in [0.5, 0.6) is 0 Å². The maximum atomic E-state index is 8.62. The van der Waals surface area contributed by atoms with Gasteiger partial charge in [0.25, 0.3) is 0 Å². The number of furan rings is 1. The van der Waals surface area contributed by atoms with Crippen molar-refractivity contribution in [3.05, 3.63) is 144 Å². The molecule has 0 bridgehead atoms. The van der Waals surface area contributed by atoms with E-state index in [2.05, 4.69) is 42.5 Å². The second-order valence-corrected chi connectivity index (χ2v) is 9.80. The summed E-state index contributed by atoms with van der Waals surface area (Å²) in [6, 6.07) is 36.5. The van der Waals surface area contributed by atoms with Gasteiger partial charge in [-0.1, -0.05) is 121 Å². The number of hydrogen-bond donors (Lipinski definition) is 0. The lowest BCUT2D eigenvalue weighted by molar-refractivity contribution is 0.669. The van der Waals surface area contributed by atoms with Crippen LogP contribution in [0.4, 0.5) is 0 Å². The Balaban J connectivity index is 1.52. The monoisotopic (exact) mass is 488 g/mol. The molecule has 7 aromatic carbocycles. The average molecular weight is 489 g/mol. The Morgan fingerprint density at radius 3 is 1.97 bits per heavy atom. The zero-order valence-corrected chi connectivity index (χ0v) is 20.5. The third-order valence-electron chi connectivity index (χ3n) is 7.67. The minimum Gasteiger partial charge on any atom is -0.456 e. The van der Waals surface area contributed by atoms with Crippen molar-refractivity contribution >= 4 is 54.3 Å².